The third-order valence-electron chi connectivity index (χ3n) is 6.71. The average Bonchev–Trinajstić information content (AvgIpc) is 3.32. The number of rotatable bonds is 3. The van der Waals surface area contributed by atoms with Gasteiger partial charge in [-0.1, -0.05) is 0 Å². The van der Waals surface area contributed by atoms with Gasteiger partial charge < -0.3 is 0 Å². The van der Waals surface area contributed by atoms with Gasteiger partial charge in [0, 0.05) is 0 Å². The molecule has 0 bridgehead atoms. The second kappa shape index (κ2) is 7.85. The minimum absolute atomic E-state index is 0.192. The summed E-state index contributed by atoms with van der Waals surface area (Å²) in [5, 5.41) is 0. The van der Waals surface area contributed by atoms with E-state index in [0.717, 1.165) is 18.4 Å². The Kier molecular flexibility index (Phi) is 5.22. The average molecular weight is 579 g/mol. The van der Waals surface area contributed by atoms with Crippen molar-refractivity contribution in [3.63, 3.8) is 0 Å². The summed E-state index contributed by atoms with van der Waals surface area (Å²) in [6, 6.07) is 8.69. The van der Waals surface area contributed by atoms with Gasteiger partial charge in [-0.3, -0.25) is 0 Å². The number of nitrogens with zero attached hydrogens (tertiary/aromatic N) is 2. The minimum atomic E-state index is -1.32. The summed E-state index contributed by atoms with van der Waals surface area (Å²) >= 11 is -1.32. The van der Waals surface area contributed by atoms with Crippen molar-refractivity contribution in [1.29, 1.82) is 0 Å². The Hall–Kier alpha value is -1.70. The van der Waals surface area contributed by atoms with E-state index in [1.807, 2.05) is 0 Å². The zero-order valence-electron chi connectivity index (χ0n) is 17.2. The molecule has 147 valence electrons. The number of hydrogen-bond acceptors (Lipinski definition) is 3. The molecule has 4 nitrogen and oxygen atoms in total. The molecule has 0 N–H and O–H groups in total. The number of aliphatic imine (C=N–C) groups is 1. The quantitative estimate of drug-likeness (QED) is 0.408. The Balaban J connectivity index is 1.66. The predicted molar refractivity (Wildman–Crippen MR) is 118 cm³/mol. The monoisotopic (exact) mass is 579 g/mol. The number of ether oxygens (including phenoxy) is 1. The second-order valence-electron chi connectivity index (χ2n) is 8.38. The van der Waals surface area contributed by atoms with E-state index in [9.17, 15) is 4.79 Å². The Morgan fingerprint density at radius 3 is 2.72 bits per heavy atom. The fourth-order valence-electron chi connectivity index (χ4n) is 5.30. The molecule has 0 saturated heterocycles. The van der Waals surface area contributed by atoms with Crippen LogP contribution < -0.4 is 3.12 Å². The topological polar surface area (TPSA) is 43.6 Å². The van der Waals surface area contributed by atoms with Gasteiger partial charge in [-0.15, -0.1) is 0 Å². The third kappa shape index (κ3) is 3.33. The van der Waals surface area contributed by atoms with E-state index in [2.05, 4.69) is 42.0 Å². The summed E-state index contributed by atoms with van der Waals surface area (Å²) in [6.45, 7) is 0. The van der Waals surface area contributed by atoms with Crippen molar-refractivity contribution in [2.75, 3.05) is 7.11 Å². The standard InChI is InChI=1S/C24H26N2O2.Tl/c1-26-21-15-18(24(27)28-2)13-14-20(21)23(17-9-5-3-6-10-17)22(26)16-25-19-11-7-4-8-12-19;/h4,7-8,11,15,17H,3,5-6,9-10,13-14H2,1-2H3;. The zero-order valence-corrected chi connectivity index (χ0v) is 21.7. The van der Waals surface area contributed by atoms with E-state index in [1.165, 1.54) is 68.2 Å². The van der Waals surface area contributed by atoms with Crippen molar-refractivity contribution < 1.29 is 9.53 Å². The van der Waals surface area contributed by atoms with E-state index in [4.69, 9.17) is 9.73 Å². The number of hydrogen-bond donors (Lipinski definition) is 0. The van der Waals surface area contributed by atoms with E-state index < -0.39 is 24.2 Å². The maximum absolute atomic E-state index is 12.2. The van der Waals surface area contributed by atoms with Gasteiger partial charge in [-0.05, 0) is 0 Å². The van der Waals surface area contributed by atoms with Crippen molar-refractivity contribution in [3.05, 3.63) is 52.4 Å². The summed E-state index contributed by atoms with van der Waals surface area (Å²) in [4.78, 5) is 17.3. The molecule has 5 heteroatoms. The molecule has 0 radical (unpaired) electrons. The molecule has 2 aromatic rings. The first-order valence-electron chi connectivity index (χ1n) is 10.7. The molecular weight excluding hydrogens is 553 g/mol. The third-order valence-corrected chi connectivity index (χ3v) is 12.4. The summed E-state index contributed by atoms with van der Waals surface area (Å²) in [7, 11) is 3.65. The molecule has 0 atom stereocenters. The normalized spacial score (nSPS) is 18.1. The van der Waals surface area contributed by atoms with Crippen LogP contribution in [-0.2, 0) is 23.0 Å². The number of esters is 1. The Labute approximate surface area is 184 Å². The van der Waals surface area contributed by atoms with Gasteiger partial charge in [-0.2, -0.15) is 0 Å². The van der Waals surface area contributed by atoms with Crippen molar-refractivity contribution in [3.8, 4) is 0 Å². The molecule has 1 aliphatic heterocycles. The second-order valence-corrected chi connectivity index (χ2v) is 14.0. The summed E-state index contributed by atoms with van der Waals surface area (Å²) in [6.07, 6.45) is 10.4. The molecule has 2 heterocycles. The molecule has 1 fully saturated rings. The van der Waals surface area contributed by atoms with Crippen LogP contribution in [0.3, 0.4) is 0 Å². The molecule has 1 aromatic carbocycles. The molecule has 3 aliphatic rings. The van der Waals surface area contributed by atoms with E-state index in [0.29, 0.717) is 5.92 Å². The first kappa shape index (κ1) is 19.3. The fraction of sp³-hybridized carbons (Fsp3) is 0.417. The number of methoxy groups -OCH3 is 1. The summed E-state index contributed by atoms with van der Waals surface area (Å²) in [5.41, 5.74) is 7.60. The fourth-order valence-corrected chi connectivity index (χ4v) is 11.1. The number of carbonyl (C=O) groups is 1. The molecule has 0 amide bonds. The van der Waals surface area contributed by atoms with Crippen molar-refractivity contribution >= 4 is 48.4 Å². The van der Waals surface area contributed by atoms with Crippen LogP contribution in [0.25, 0.3) is 6.08 Å². The van der Waals surface area contributed by atoms with E-state index >= 15 is 0 Å². The predicted octanol–water partition coefficient (Wildman–Crippen LogP) is 4.00. The van der Waals surface area contributed by atoms with Gasteiger partial charge in [0.1, 0.15) is 0 Å². The Morgan fingerprint density at radius 2 is 1.97 bits per heavy atom. The number of carbonyl (C=O) groups excluding carboxylic acids is 1. The van der Waals surface area contributed by atoms with Gasteiger partial charge in [0.05, 0.1) is 0 Å². The maximum atomic E-state index is 12.2. The number of aromatic nitrogens is 1. The number of benzene rings is 1. The van der Waals surface area contributed by atoms with Crippen LogP contribution in [0.1, 0.15) is 67.0 Å². The molecule has 1 aromatic heterocycles. The molecule has 5 rings (SSSR count). The molecule has 0 spiro atoms. The molecule has 1 saturated carbocycles. The first-order chi connectivity index (χ1) is 14.2. The van der Waals surface area contributed by atoms with Gasteiger partial charge in [-0.25, -0.2) is 0 Å². The van der Waals surface area contributed by atoms with E-state index in [1.54, 1.807) is 5.56 Å². The number of para-hydroxylation sites is 1. The van der Waals surface area contributed by atoms with Crippen LogP contribution in [0.4, 0.5) is 5.69 Å². The molecule has 0 unspecified atom stereocenters. The van der Waals surface area contributed by atoms with Crippen molar-refractivity contribution in [2.45, 2.75) is 50.9 Å². The van der Waals surface area contributed by atoms with Crippen LogP contribution >= 0.6 is 0 Å². The van der Waals surface area contributed by atoms with E-state index in [-0.39, 0.29) is 5.97 Å². The van der Waals surface area contributed by atoms with Gasteiger partial charge in [0.15, 0.2) is 0 Å². The van der Waals surface area contributed by atoms with Crippen LogP contribution in [0.5, 0.6) is 0 Å². The Bertz CT molecular complexity index is 1040. The van der Waals surface area contributed by atoms with Crippen molar-refractivity contribution in [1.82, 2.24) is 4.57 Å². The zero-order chi connectivity index (χ0) is 20.0. The van der Waals surface area contributed by atoms with Gasteiger partial charge in [0.2, 0.25) is 0 Å². The molecule has 29 heavy (non-hydrogen) atoms. The molecular formula is C24H26N2O2Tl. The molecule has 2 aliphatic carbocycles. The van der Waals surface area contributed by atoms with Gasteiger partial charge >= 0.3 is 185 Å². The van der Waals surface area contributed by atoms with Crippen LogP contribution in [0, 0.1) is 0 Å². The van der Waals surface area contributed by atoms with Crippen LogP contribution in [-0.4, -0.2) is 45.2 Å². The van der Waals surface area contributed by atoms with Gasteiger partial charge in [0.25, 0.3) is 0 Å². The SMILES string of the molecule is COC(=O)C1=Cc2c(c(C3CCCCC3)c([C]3=Nc4cccc[c]4[Tl]3)n2C)CC1. The summed E-state index contributed by atoms with van der Waals surface area (Å²) in [5.74, 6) is 0.446. The van der Waals surface area contributed by atoms with Crippen LogP contribution in [0.2, 0.25) is 0 Å². The van der Waals surface area contributed by atoms with Crippen LogP contribution in [0.15, 0.2) is 34.8 Å². The first-order valence-corrected chi connectivity index (χ1v) is 15.2. The van der Waals surface area contributed by atoms with Crippen molar-refractivity contribution in [2.24, 2.45) is 12.0 Å². The number of fused-ring (bicyclic) bond motifs is 2. The Morgan fingerprint density at radius 1 is 1.17 bits per heavy atom. The summed E-state index contributed by atoms with van der Waals surface area (Å²) < 4.78 is 10.3.